The van der Waals surface area contributed by atoms with Crippen LogP contribution < -0.4 is 5.73 Å². The molecule has 0 radical (unpaired) electrons. The highest BCUT2D eigenvalue weighted by Gasteiger charge is 2.12. The Hall–Kier alpha value is -1.26. The van der Waals surface area contributed by atoms with Crippen LogP contribution in [0, 0.1) is 0 Å². The lowest BCUT2D eigenvalue weighted by molar-refractivity contribution is -0.144. The molecule has 62 valence electrons. The molecule has 1 atom stereocenters. The Kier molecular flexibility index (Phi) is 4.89. The average Bonchev–Trinajstić information content (AvgIpc) is 2.00. The minimum atomic E-state index is -0.842. The fourth-order valence-corrected chi connectivity index (χ4v) is 0.448. The molecule has 0 aromatic heterocycles. The van der Waals surface area contributed by atoms with E-state index in [4.69, 9.17) is 11.3 Å². The number of azide groups is 1. The van der Waals surface area contributed by atoms with Gasteiger partial charge in [0, 0.05) is 4.91 Å². The Morgan fingerprint density at radius 1 is 1.91 bits per heavy atom. The summed E-state index contributed by atoms with van der Waals surface area (Å²) in [4.78, 5) is 13.2. The summed E-state index contributed by atoms with van der Waals surface area (Å²) in [6.45, 7) is 1.90. The molecule has 0 aliphatic carbocycles. The predicted octanol–water partition coefficient (Wildman–Crippen LogP) is 0.187. The lowest BCUT2D eigenvalue weighted by atomic mass is 10.3. The minimum Gasteiger partial charge on any atom is -0.465 e. The molecule has 6 heteroatoms. The van der Waals surface area contributed by atoms with Gasteiger partial charge < -0.3 is 10.5 Å². The highest BCUT2D eigenvalue weighted by atomic mass is 16.5. The van der Waals surface area contributed by atoms with E-state index in [1.807, 2.05) is 0 Å². The third-order valence-electron chi connectivity index (χ3n) is 0.931. The van der Waals surface area contributed by atoms with Crippen molar-refractivity contribution in [1.82, 2.24) is 0 Å². The summed E-state index contributed by atoms with van der Waals surface area (Å²) in [6, 6.07) is -0.842. The highest BCUT2D eigenvalue weighted by Crippen LogP contribution is 1.86. The van der Waals surface area contributed by atoms with Gasteiger partial charge in [0.2, 0.25) is 0 Å². The number of rotatable bonds is 4. The average molecular weight is 158 g/mol. The molecule has 11 heavy (non-hydrogen) atoms. The molecule has 0 saturated heterocycles. The van der Waals surface area contributed by atoms with Gasteiger partial charge >= 0.3 is 5.97 Å². The van der Waals surface area contributed by atoms with E-state index in [-0.39, 0.29) is 13.2 Å². The molecule has 0 bridgehead atoms. The van der Waals surface area contributed by atoms with Crippen molar-refractivity contribution in [3.8, 4) is 0 Å². The summed E-state index contributed by atoms with van der Waals surface area (Å²) in [5, 5.41) is 3.13. The quantitative estimate of drug-likeness (QED) is 0.273. The Morgan fingerprint density at radius 2 is 2.55 bits per heavy atom. The minimum absolute atomic E-state index is 0.0602. The van der Waals surface area contributed by atoms with Crippen LogP contribution in [0.3, 0.4) is 0 Å². The van der Waals surface area contributed by atoms with E-state index < -0.39 is 12.0 Å². The number of carbonyl (C=O) groups is 1. The second-order valence-electron chi connectivity index (χ2n) is 1.77. The molecule has 0 fully saturated rings. The summed E-state index contributed by atoms with van der Waals surface area (Å²) in [6.07, 6.45) is 0. The lowest BCUT2D eigenvalue weighted by Crippen LogP contribution is -2.34. The summed E-state index contributed by atoms with van der Waals surface area (Å²) in [7, 11) is 0. The van der Waals surface area contributed by atoms with Crippen LogP contribution in [0.15, 0.2) is 5.11 Å². The van der Waals surface area contributed by atoms with Crippen LogP contribution in [-0.4, -0.2) is 25.2 Å². The van der Waals surface area contributed by atoms with E-state index in [2.05, 4.69) is 14.8 Å². The number of nitrogens with two attached hydrogens (primary N) is 1. The molecule has 0 aromatic carbocycles. The zero-order valence-electron chi connectivity index (χ0n) is 6.23. The van der Waals surface area contributed by atoms with Gasteiger partial charge in [-0.3, -0.25) is 4.79 Å². The number of hydrogen-bond donors (Lipinski definition) is 1. The molecule has 2 N–H and O–H groups in total. The lowest BCUT2D eigenvalue weighted by Gasteiger charge is -2.05. The van der Waals surface area contributed by atoms with E-state index in [1.165, 1.54) is 0 Å². The van der Waals surface area contributed by atoms with Crippen LogP contribution in [0.4, 0.5) is 0 Å². The van der Waals surface area contributed by atoms with Crippen molar-refractivity contribution in [2.24, 2.45) is 10.8 Å². The summed E-state index contributed by atoms with van der Waals surface area (Å²) in [5.74, 6) is -0.542. The normalized spacial score (nSPS) is 11.5. The number of ether oxygens (including phenoxy) is 1. The molecule has 0 amide bonds. The molecule has 6 nitrogen and oxygen atoms in total. The van der Waals surface area contributed by atoms with Crippen molar-refractivity contribution in [2.75, 3.05) is 13.2 Å². The summed E-state index contributed by atoms with van der Waals surface area (Å²) < 4.78 is 4.55. The zero-order chi connectivity index (χ0) is 8.69. The number of hydrogen-bond acceptors (Lipinski definition) is 4. The van der Waals surface area contributed by atoms with Gasteiger partial charge in [-0.2, -0.15) is 0 Å². The van der Waals surface area contributed by atoms with Crippen molar-refractivity contribution in [3.05, 3.63) is 10.4 Å². The maximum Gasteiger partial charge on any atom is 0.323 e. The van der Waals surface area contributed by atoms with Crippen molar-refractivity contribution in [1.29, 1.82) is 0 Å². The Labute approximate surface area is 63.9 Å². The van der Waals surface area contributed by atoms with Crippen molar-refractivity contribution in [3.63, 3.8) is 0 Å². The van der Waals surface area contributed by atoms with E-state index >= 15 is 0 Å². The molecule has 0 aliphatic heterocycles. The molecule has 0 heterocycles. The predicted molar refractivity (Wildman–Crippen MR) is 38.6 cm³/mol. The van der Waals surface area contributed by atoms with Crippen LogP contribution in [0.1, 0.15) is 6.92 Å². The maximum atomic E-state index is 10.7. The number of esters is 1. The monoisotopic (exact) mass is 158 g/mol. The maximum absolute atomic E-state index is 10.7. The van der Waals surface area contributed by atoms with Crippen LogP contribution in [0.5, 0.6) is 0 Å². The second-order valence-corrected chi connectivity index (χ2v) is 1.77. The van der Waals surface area contributed by atoms with Crippen molar-refractivity contribution < 1.29 is 9.53 Å². The smallest absolute Gasteiger partial charge is 0.323 e. The van der Waals surface area contributed by atoms with Gasteiger partial charge in [0.25, 0.3) is 0 Å². The first kappa shape index (κ1) is 9.74. The number of nitrogens with zero attached hydrogens (tertiary/aromatic N) is 3. The highest BCUT2D eigenvalue weighted by molar-refractivity contribution is 5.75. The van der Waals surface area contributed by atoms with Gasteiger partial charge in [-0.25, -0.2) is 0 Å². The SMILES string of the molecule is CCOC(=O)[C@H](N)CN=[N+]=[N-]. The van der Waals surface area contributed by atoms with Gasteiger partial charge in [0.15, 0.2) is 0 Å². The first-order valence-corrected chi connectivity index (χ1v) is 3.15. The van der Waals surface area contributed by atoms with Crippen molar-refractivity contribution in [2.45, 2.75) is 13.0 Å². The topological polar surface area (TPSA) is 101 Å². The van der Waals surface area contributed by atoms with Gasteiger partial charge in [0.05, 0.1) is 13.2 Å². The molecular formula is C5H10N4O2. The molecule has 0 saturated carbocycles. The van der Waals surface area contributed by atoms with E-state index in [9.17, 15) is 4.79 Å². The molecule has 0 unspecified atom stereocenters. The Bertz CT molecular complexity index is 175. The Morgan fingerprint density at radius 3 is 3.00 bits per heavy atom. The van der Waals surface area contributed by atoms with Gasteiger partial charge in [-0.05, 0) is 12.5 Å². The van der Waals surface area contributed by atoms with E-state index in [0.717, 1.165) is 0 Å². The van der Waals surface area contributed by atoms with Crippen LogP contribution in [0.25, 0.3) is 10.4 Å². The number of carbonyl (C=O) groups excluding carboxylic acids is 1. The van der Waals surface area contributed by atoms with E-state index in [1.54, 1.807) is 6.92 Å². The van der Waals surface area contributed by atoms with Gasteiger partial charge in [0.1, 0.15) is 6.04 Å². The van der Waals surface area contributed by atoms with Crippen LogP contribution in [0.2, 0.25) is 0 Å². The fraction of sp³-hybridized carbons (Fsp3) is 0.800. The molecule has 0 aromatic rings. The van der Waals surface area contributed by atoms with Crippen LogP contribution >= 0.6 is 0 Å². The summed E-state index contributed by atoms with van der Waals surface area (Å²) >= 11 is 0. The third kappa shape index (κ3) is 4.19. The standard InChI is InChI=1S/C5H10N4O2/c1-2-11-5(10)4(6)3-8-9-7/h4H,2-3,6H2,1H3/t4-/m1/s1. The van der Waals surface area contributed by atoms with Gasteiger partial charge in [-0.1, -0.05) is 5.11 Å². The Balaban J connectivity index is 3.72. The van der Waals surface area contributed by atoms with Crippen molar-refractivity contribution >= 4 is 5.97 Å². The molecule has 0 rings (SSSR count). The molecule has 0 aliphatic rings. The second kappa shape index (κ2) is 5.52. The van der Waals surface area contributed by atoms with E-state index in [0.29, 0.717) is 0 Å². The largest absolute Gasteiger partial charge is 0.465 e. The first-order valence-electron chi connectivity index (χ1n) is 3.15. The van der Waals surface area contributed by atoms with Crippen LogP contribution in [-0.2, 0) is 9.53 Å². The zero-order valence-corrected chi connectivity index (χ0v) is 6.23. The third-order valence-corrected chi connectivity index (χ3v) is 0.931. The van der Waals surface area contributed by atoms with Gasteiger partial charge in [-0.15, -0.1) is 0 Å². The summed E-state index contributed by atoms with van der Waals surface area (Å²) in [5.41, 5.74) is 13.1. The molecule has 0 spiro atoms. The fourth-order valence-electron chi connectivity index (χ4n) is 0.448. The molecular weight excluding hydrogens is 148 g/mol. The first-order chi connectivity index (χ1) is 5.22.